The molecule has 1 aliphatic heterocycles. The van der Waals surface area contributed by atoms with Gasteiger partial charge in [-0.3, -0.25) is 4.79 Å². The van der Waals surface area contributed by atoms with Crippen LogP contribution in [-0.4, -0.2) is 55.7 Å². The summed E-state index contributed by atoms with van der Waals surface area (Å²) in [4.78, 5) is 20.0. The molecule has 152 valence electrons. The molecule has 0 aliphatic carbocycles. The number of carbonyl (C=O) groups is 1. The predicted molar refractivity (Wildman–Crippen MR) is 106 cm³/mol. The summed E-state index contributed by atoms with van der Waals surface area (Å²) in [5.41, 5.74) is 0.559. The van der Waals surface area contributed by atoms with Gasteiger partial charge in [0.2, 0.25) is 5.91 Å². The molecular formula is C19H22ClF3N4O. The number of alkyl halides is 1. The van der Waals surface area contributed by atoms with Crippen LogP contribution < -0.4 is 10.2 Å². The van der Waals surface area contributed by atoms with E-state index in [1.807, 2.05) is 0 Å². The third kappa shape index (κ3) is 4.94. The molecule has 1 aromatic carbocycles. The van der Waals surface area contributed by atoms with Gasteiger partial charge in [0, 0.05) is 23.9 Å². The van der Waals surface area contributed by atoms with Crippen molar-refractivity contribution in [3.05, 3.63) is 42.1 Å². The summed E-state index contributed by atoms with van der Waals surface area (Å²) in [6.45, 7) is 0.670. The summed E-state index contributed by atoms with van der Waals surface area (Å²) < 4.78 is 41.8. The molecule has 0 saturated carbocycles. The largest absolute Gasteiger partial charge is 0.352 e. The van der Waals surface area contributed by atoms with Gasteiger partial charge in [-0.25, -0.2) is 18.2 Å². The number of nitrogens with zero attached hydrogens (tertiary/aromatic N) is 3. The van der Waals surface area contributed by atoms with Crippen molar-refractivity contribution in [1.29, 1.82) is 0 Å². The topological polar surface area (TPSA) is 48.5 Å². The summed E-state index contributed by atoms with van der Waals surface area (Å²) in [6, 6.07) is 4.64. The first kappa shape index (κ1) is 22.0. The highest BCUT2D eigenvalue weighted by molar-refractivity contribution is 6.00. The number of carbonyl (C=O) groups excluding carboxylic acids is 1. The van der Waals surface area contributed by atoms with Gasteiger partial charge in [0.05, 0.1) is 18.8 Å². The highest BCUT2D eigenvalue weighted by Crippen LogP contribution is 2.37. The van der Waals surface area contributed by atoms with Crippen LogP contribution in [0.5, 0.6) is 0 Å². The van der Waals surface area contributed by atoms with Crippen molar-refractivity contribution in [3.8, 4) is 11.1 Å². The zero-order valence-electron chi connectivity index (χ0n) is 15.6. The monoisotopic (exact) mass is 414 g/mol. The van der Waals surface area contributed by atoms with Crippen LogP contribution in [0.15, 0.2) is 30.5 Å². The third-order valence-electron chi connectivity index (χ3n) is 4.30. The van der Waals surface area contributed by atoms with E-state index in [2.05, 4.69) is 10.3 Å². The van der Waals surface area contributed by atoms with Crippen molar-refractivity contribution in [1.82, 2.24) is 9.88 Å². The van der Waals surface area contributed by atoms with Crippen molar-refractivity contribution in [2.45, 2.75) is 12.6 Å². The maximum absolute atomic E-state index is 14.4. The van der Waals surface area contributed by atoms with E-state index in [0.717, 1.165) is 18.2 Å². The highest BCUT2D eigenvalue weighted by Gasteiger charge is 2.27. The Morgan fingerprint density at radius 2 is 2.04 bits per heavy atom. The Balaban J connectivity index is 0.00000280. The lowest BCUT2D eigenvalue weighted by atomic mass is 10.0. The van der Waals surface area contributed by atoms with Crippen molar-refractivity contribution in [3.63, 3.8) is 0 Å². The molecule has 0 unspecified atom stereocenters. The zero-order chi connectivity index (χ0) is 19.6. The standard InChI is InChI=1S/C19H21F3N4O.ClH/c1-25(2)11-17(27)24-18-14(15-9-12(20)3-4-16(15)22)5-7-23-19(18)26-8-6-13(21)10-26;/h3-5,7,9,13H,6,8,10-11H2,1-2H3,(H,24,27);1H/t13-;/m0./s1. The minimum absolute atomic E-state index is 0. The Hall–Kier alpha value is -2.32. The van der Waals surface area contributed by atoms with Crippen LogP contribution >= 0.6 is 12.4 Å². The van der Waals surface area contributed by atoms with E-state index in [9.17, 15) is 18.0 Å². The van der Waals surface area contributed by atoms with Gasteiger partial charge < -0.3 is 15.1 Å². The molecule has 3 rings (SSSR count). The van der Waals surface area contributed by atoms with Crippen LogP contribution in [0.4, 0.5) is 24.7 Å². The maximum Gasteiger partial charge on any atom is 0.238 e. The van der Waals surface area contributed by atoms with Crippen molar-refractivity contribution < 1.29 is 18.0 Å². The first-order valence-electron chi connectivity index (χ1n) is 8.63. The van der Waals surface area contributed by atoms with Crippen LogP contribution in [0, 0.1) is 11.6 Å². The molecule has 1 atom stereocenters. The molecule has 0 bridgehead atoms. The number of aromatic nitrogens is 1. The van der Waals surface area contributed by atoms with Crippen LogP contribution in [-0.2, 0) is 4.79 Å². The molecule has 0 spiro atoms. The second-order valence-corrected chi connectivity index (χ2v) is 6.80. The number of likely N-dealkylation sites (N-methyl/N-ethyl adjacent to an activating group) is 1. The molecule has 1 amide bonds. The molecular weight excluding hydrogens is 393 g/mol. The van der Waals surface area contributed by atoms with Crippen molar-refractivity contribution >= 4 is 29.8 Å². The van der Waals surface area contributed by atoms with Gasteiger partial charge in [0.1, 0.15) is 17.8 Å². The fourth-order valence-corrected chi connectivity index (χ4v) is 3.12. The Labute approximate surface area is 168 Å². The quantitative estimate of drug-likeness (QED) is 0.813. The molecule has 1 aromatic heterocycles. The first-order valence-corrected chi connectivity index (χ1v) is 8.63. The number of rotatable bonds is 5. The number of nitrogens with one attached hydrogen (secondary N) is 1. The van der Waals surface area contributed by atoms with E-state index >= 15 is 0 Å². The van der Waals surface area contributed by atoms with E-state index in [1.54, 1.807) is 23.9 Å². The molecule has 1 aliphatic rings. The van der Waals surface area contributed by atoms with E-state index in [0.29, 0.717) is 24.3 Å². The molecule has 2 aromatic rings. The molecule has 1 N–H and O–H groups in total. The molecule has 0 radical (unpaired) electrons. The van der Waals surface area contributed by atoms with Gasteiger partial charge in [-0.05, 0) is 44.8 Å². The molecule has 1 saturated heterocycles. The Morgan fingerprint density at radius 3 is 2.68 bits per heavy atom. The summed E-state index contributed by atoms with van der Waals surface area (Å²) in [5.74, 6) is -1.20. The van der Waals surface area contributed by atoms with Crippen molar-refractivity contribution in [2.75, 3.05) is 43.9 Å². The number of anilines is 2. The van der Waals surface area contributed by atoms with E-state index in [-0.39, 0.29) is 42.7 Å². The van der Waals surface area contributed by atoms with Crippen LogP contribution in [0.25, 0.3) is 11.1 Å². The summed E-state index contributed by atoms with van der Waals surface area (Å²) in [5, 5.41) is 2.75. The fraction of sp³-hybridized carbons (Fsp3) is 0.368. The minimum Gasteiger partial charge on any atom is -0.352 e. The van der Waals surface area contributed by atoms with Gasteiger partial charge in [-0.1, -0.05) is 0 Å². The zero-order valence-corrected chi connectivity index (χ0v) is 16.4. The fourth-order valence-electron chi connectivity index (χ4n) is 3.12. The van der Waals surface area contributed by atoms with Gasteiger partial charge in [0.25, 0.3) is 0 Å². The molecule has 2 heterocycles. The average Bonchev–Trinajstić information content (AvgIpc) is 3.03. The lowest BCUT2D eigenvalue weighted by Gasteiger charge is -2.23. The predicted octanol–water partition coefficient (Wildman–Crippen LogP) is 3.50. The van der Waals surface area contributed by atoms with Gasteiger partial charge in [0.15, 0.2) is 5.82 Å². The second-order valence-electron chi connectivity index (χ2n) is 6.80. The van der Waals surface area contributed by atoms with Crippen molar-refractivity contribution in [2.24, 2.45) is 0 Å². The molecule has 28 heavy (non-hydrogen) atoms. The summed E-state index contributed by atoms with van der Waals surface area (Å²) in [7, 11) is 3.48. The molecule has 9 heteroatoms. The SMILES string of the molecule is CN(C)CC(=O)Nc1c(-c2cc(F)ccc2F)ccnc1N1CC[C@H](F)C1.Cl. The van der Waals surface area contributed by atoms with Gasteiger partial charge in [-0.15, -0.1) is 12.4 Å². The van der Waals surface area contributed by atoms with E-state index in [1.165, 1.54) is 12.3 Å². The highest BCUT2D eigenvalue weighted by atomic mass is 35.5. The van der Waals surface area contributed by atoms with Gasteiger partial charge in [-0.2, -0.15) is 0 Å². The number of halogens is 4. The van der Waals surface area contributed by atoms with Gasteiger partial charge >= 0.3 is 0 Å². The van der Waals surface area contributed by atoms with Crippen LogP contribution in [0.2, 0.25) is 0 Å². The second kappa shape index (κ2) is 9.25. The smallest absolute Gasteiger partial charge is 0.238 e. The number of hydrogen-bond donors (Lipinski definition) is 1. The molecule has 1 fully saturated rings. The minimum atomic E-state index is -0.994. The number of benzene rings is 1. The first-order chi connectivity index (χ1) is 12.8. The van der Waals surface area contributed by atoms with Crippen LogP contribution in [0.3, 0.4) is 0 Å². The molecule has 5 nitrogen and oxygen atoms in total. The number of pyridine rings is 1. The number of amides is 1. The Bertz CT molecular complexity index is 850. The number of hydrogen-bond acceptors (Lipinski definition) is 4. The van der Waals surface area contributed by atoms with E-state index in [4.69, 9.17) is 0 Å². The van der Waals surface area contributed by atoms with E-state index < -0.39 is 17.8 Å². The Morgan fingerprint density at radius 1 is 1.29 bits per heavy atom. The average molecular weight is 415 g/mol. The lowest BCUT2D eigenvalue weighted by molar-refractivity contribution is -0.116. The van der Waals surface area contributed by atoms with Crippen LogP contribution in [0.1, 0.15) is 6.42 Å². The lowest BCUT2D eigenvalue weighted by Crippen LogP contribution is -2.29. The third-order valence-corrected chi connectivity index (χ3v) is 4.30. The maximum atomic E-state index is 14.4. The normalized spacial score (nSPS) is 16.2. The Kier molecular flexibility index (Phi) is 7.26. The summed E-state index contributed by atoms with van der Waals surface area (Å²) >= 11 is 0. The summed E-state index contributed by atoms with van der Waals surface area (Å²) in [6.07, 6.45) is 0.805.